The smallest absolute Gasteiger partial charge is 0.315 e. The van der Waals surface area contributed by atoms with E-state index >= 15 is 0 Å². The number of hydrogen-bond donors (Lipinski definition) is 3. The summed E-state index contributed by atoms with van der Waals surface area (Å²) in [5.74, 6) is -0.596. The zero-order chi connectivity index (χ0) is 24.0. The third kappa shape index (κ3) is 6.63. The molecule has 3 amide bonds. The van der Waals surface area contributed by atoms with Gasteiger partial charge >= 0.3 is 6.03 Å². The number of halogens is 2. The van der Waals surface area contributed by atoms with Crippen molar-refractivity contribution in [1.82, 2.24) is 10.6 Å². The van der Waals surface area contributed by atoms with E-state index < -0.39 is 5.92 Å². The molecular weight excluding hydrogens is 459 g/mol. The van der Waals surface area contributed by atoms with Crippen molar-refractivity contribution in [2.24, 2.45) is 0 Å². The minimum absolute atomic E-state index is 0.0688. The van der Waals surface area contributed by atoms with Crippen LogP contribution in [0.3, 0.4) is 0 Å². The van der Waals surface area contributed by atoms with E-state index in [2.05, 4.69) is 22.0 Å². The standard InChI is InChI=1S/C25H28Cl2N4O2/c1-15-12-19(20(14-28)17-8-10-18(26)11-9-17)21(27)13-23(15)30-24(32)7-5-3-4-6-22-16(2)29-25(33)31-22/h8-13,16,20,22H,3-7H2,1-2H3,(H,30,32)(H2,29,31,33)/t16-,20-,22-/m0/s1. The second-order valence-corrected chi connectivity index (χ2v) is 9.31. The van der Waals surface area contributed by atoms with Gasteiger partial charge in [-0.15, -0.1) is 0 Å². The number of hydrogen-bond acceptors (Lipinski definition) is 3. The van der Waals surface area contributed by atoms with E-state index in [9.17, 15) is 14.9 Å². The maximum absolute atomic E-state index is 12.4. The fraction of sp³-hybridized carbons (Fsp3) is 0.400. The van der Waals surface area contributed by atoms with E-state index in [0.717, 1.165) is 36.8 Å². The highest BCUT2D eigenvalue weighted by Crippen LogP contribution is 2.34. The molecule has 1 heterocycles. The van der Waals surface area contributed by atoms with Gasteiger partial charge in [0.1, 0.15) is 0 Å². The molecule has 0 bridgehead atoms. The first-order chi connectivity index (χ1) is 15.8. The lowest BCUT2D eigenvalue weighted by Gasteiger charge is -2.16. The molecule has 3 atom stereocenters. The highest BCUT2D eigenvalue weighted by atomic mass is 35.5. The lowest BCUT2D eigenvalue weighted by atomic mass is 9.91. The van der Waals surface area contributed by atoms with Crippen molar-refractivity contribution in [1.29, 1.82) is 5.26 Å². The first kappa shape index (κ1) is 24.9. The summed E-state index contributed by atoms with van der Waals surface area (Å²) in [5, 5.41) is 19.5. The van der Waals surface area contributed by atoms with Crippen LogP contribution in [-0.2, 0) is 4.79 Å². The number of unbranched alkanes of at least 4 members (excludes halogenated alkanes) is 2. The van der Waals surface area contributed by atoms with Gasteiger partial charge in [0.05, 0.1) is 18.0 Å². The summed E-state index contributed by atoms with van der Waals surface area (Å²) in [6, 6.07) is 13.2. The lowest BCUT2D eigenvalue weighted by Crippen LogP contribution is -2.30. The Hall–Kier alpha value is -2.75. The quantitative estimate of drug-likeness (QED) is 0.384. The third-order valence-corrected chi connectivity index (χ3v) is 6.54. The highest BCUT2D eigenvalue weighted by molar-refractivity contribution is 6.32. The van der Waals surface area contributed by atoms with Gasteiger partial charge in [-0.1, -0.05) is 54.2 Å². The first-order valence-corrected chi connectivity index (χ1v) is 11.9. The lowest BCUT2D eigenvalue weighted by molar-refractivity contribution is -0.116. The van der Waals surface area contributed by atoms with Crippen LogP contribution in [-0.4, -0.2) is 24.0 Å². The zero-order valence-corrected chi connectivity index (χ0v) is 20.3. The van der Waals surface area contributed by atoms with Crippen LogP contribution in [0.4, 0.5) is 10.5 Å². The molecule has 1 fully saturated rings. The molecule has 1 saturated heterocycles. The number of benzene rings is 2. The normalized spacial score (nSPS) is 18.2. The number of nitrogens with zero attached hydrogens (tertiary/aromatic N) is 1. The molecule has 33 heavy (non-hydrogen) atoms. The van der Waals surface area contributed by atoms with E-state index in [1.807, 2.05) is 32.0 Å². The van der Waals surface area contributed by atoms with Crippen molar-refractivity contribution in [3.63, 3.8) is 0 Å². The maximum atomic E-state index is 12.4. The predicted molar refractivity (Wildman–Crippen MR) is 132 cm³/mol. The maximum Gasteiger partial charge on any atom is 0.315 e. The average Bonchev–Trinajstić information content (AvgIpc) is 3.09. The van der Waals surface area contributed by atoms with Crippen molar-refractivity contribution in [3.8, 4) is 6.07 Å². The molecular formula is C25H28Cl2N4O2. The fourth-order valence-corrected chi connectivity index (χ4v) is 4.44. The number of carbonyl (C=O) groups excluding carboxylic acids is 2. The Balaban J connectivity index is 1.53. The molecule has 0 radical (unpaired) electrons. The second kappa shape index (κ2) is 11.4. The number of carbonyl (C=O) groups is 2. The largest absolute Gasteiger partial charge is 0.334 e. The van der Waals surface area contributed by atoms with Crippen LogP contribution >= 0.6 is 23.2 Å². The SMILES string of the molecule is Cc1cc([C@@H](C#N)c2ccc(Cl)cc2)c(Cl)cc1NC(=O)CCCCC[C@@H]1NC(=O)N[C@H]1C. The molecule has 2 aromatic carbocycles. The molecule has 6 nitrogen and oxygen atoms in total. The molecule has 0 saturated carbocycles. The van der Waals surface area contributed by atoms with Crippen LogP contribution in [0.15, 0.2) is 36.4 Å². The van der Waals surface area contributed by atoms with Crippen LogP contribution in [0.2, 0.25) is 10.0 Å². The summed E-state index contributed by atoms with van der Waals surface area (Å²) in [4.78, 5) is 23.8. The Kier molecular flexibility index (Phi) is 8.60. The number of urea groups is 1. The minimum atomic E-state index is -0.527. The summed E-state index contributed by atoms with van der Waals surface area (Å²) >= 11 is 12.5. The predicted octanol–water partition coefficient (Wildman–Crippen LogP) is 5.92. The molecule has 1 aliphatic rings. The van der Waals surface area contributed by atoms with Crippen molar-refractivity contribution in [3.05, 3.63) is 63.1 Å². The van der Waals surface area contributed by atoms with Gasteiger partial charge in [0.25, 0.3) is 0 Å². The van der Waals surface area contributed by atoms with Crippen molar-refractivity contribution >= 4 is 40.8 Å². The van der Waals surface area contributed by atoms with Crippen LogP contribution in [0, 0.1) is 18.3 Å². The van der Waals surface area contributed by atoms with Crippen LogP contribution < -0.4 is 16.0 Å². The third-order valence-electron chi connectivity index (χ3n) is 5.96. The van der Waals surface area contributed by atoms with Crippen LogP contribution in [0.5, 0.6) is 0 Å². The number of rotatable bonds is 9. The van der Waals surface area contributed by atoms with E-state index in [4.69, 9.17) is 23.2 Å². The molecule has 3 rings (SSSR count). The first-order valence-electron chi connectivity index (χ1n) is 11.1. The number of amides is 3. The summed E-state index contributed by atoms with van der Waals surface area (Å²) in [6.45, 7) is 3.87. The molecule has 0 unspecified atom stereocenters. The molecule has 8 heteroatoms. The van der Waals surface area contributed by atoms with Gasteiger partial charge in [0.2, 0.25) is 5.91 Å². The second-order valence-electron chi connectivity index (χ2n) is 8.46. The van der Waals surface area contributed by atoms with Crippen molar-refractivity contribution in [2.45, 2.75) is 64.0 Å². The van der Waals surface area contributed by atoms with E-state index in [1.165, 1.54) is 0 Å². The summed E-state index contributed by atoms with van der Waals surface area (Å²) in [5.41, 5.74) is 2.99. The molecule has 174 valence electrons. The average molecular weight is 487 g/mol. The van der Waals surface area contributed by atoms with Gasteiger partial charge in [0.15, 0.2) is 0 Å². The zero-order valence-electron chi connectivity index (χ0n) is 18.8. The number of nitriles is 1. The van der Waals surface area contributed by atoms with Crippen molar-refractivity contribution < 1.29 is 9.59 Å². The summed E-state index contributed by atoms with van der Waals surface area (Å²) in [6.07, 6.45) is 3.94. The molecule has 1 aliphatic heterocycles. The van der Waals surface area contributed by atoms with Gasteiger partial charge in [-0.25, -0.2) is 4.79 Å². The Morgan fingerprint density at radius 3 is 2.52 bits per heavy atom. The highest BCUT2D eigenvalue weighted by Gasteiger charge is 2.26. The molecule has 0 aliphatic carbocycles. The molecule has 0 spiro atoms. The van der Waals surface area contributed by atoms with E-state index in [-0.39, 0.29) is 24.0 Å². The number of aryl methyl sites for hydroxylation is 1. The van der Waals surface area contributed by atoms with Gasteiger partial charge < -0.3 is 16.0 Å². The van der Waals surface area contributed by atoms with E-state index in [1.54, 1.807) is 18.2 Å². The van der Waals surface area contributed by atoms with Gasteiger partial charge in [0, 0.05) is 28.2 Å². The topological polar surface area (TPSA) is 94.0 Å². The Bertz CT molecular complexity index is 1050. The van der Waals surface area contributed by atoms with Crippen LogP contribution in [0.1, 0.15) is 61.6 Å². The van der Waals surface area contributed by atoms with Crippen molar-refractivity contribution in [2.75, 3.05) is 5.32 Å². The summed E-state index contributed by atoms with van der Waals surface area (Å²) < 4.78 is 0. The van der Waals surface area contributed by atoms with Gasteiger partial charge in [-0.05, 0) is 61.6 Å². The molecule has 0 aromatic heterocycles. The molecule has 2 aromatic rings. The number of anilines is 1. The van der Waals surface area contributed by atoms with Crippen LogP contribution in [0.25, 0.3) is 0 Å². The Morgan fingerprint density at radius 2 is 1.88 bits per heavy atom. The summed E-state index contributed by atoms with van der Waals surface area (Å²) in [7, 11) is 0. The minimum Gasteiger partial charge on any atom is -0.334 e. The van der Waals surface area contributed by atoms with Gasteiger partial charge in [-0.3, -0.25) is 4.79 Å². The van der Waals surface area contributed by atoms with E-state index in [0.29, 0.717) is 27.7 Å². The number of nitrogens with one attached hydrogen (secondary N) is 3. The Morgan fingerprint density at radius 1 is 1.15 bits per heavy atom. The Labute approximate surface area is 204 Å². The monoisotopic (exact) mass is 486 g/mol. The fourth-order valence-electron chi connectivity index (χ4n) is 4.04. The molecule has 3 N–H and O–H groups in total. The van der Waals surface area contributed by atoms with Gasteiger partial charge in [-0.2, -0.15) is 5.26 Å².